The Balaban J connectivity index is 1.61. The van der Waals surface area contributed by atoms with Gasteiger partial charge >= 0.3 is 0 Å². The second-order valence-corrected chi connectivity index (χ2v) is 8.86. The first-order valence-corrected chi connectivity index (χ1v) is 12.2. The maximum absolute atomic E-state index is 14.0. The minimum absolute atomic E-state index is 0.152. The summed E-state index contributed by atoms with van der Waals surface area (Å²) in [5.74, 6) is 5.54. The van der Waals surface area contributed by atoms with E-state index in [-0.39, 0.29) is 29.4 Å². The summed E-state index contributed by atoms with van der Waals surface area (Å²) >= 11 is 0. The van der Waals surface area contributed by atoms with E-state index in [9.17, 15) is 14.4 Å². The van der Waals surface area contributed by atoms with Gasteiger partial charge in [-0.05, 0) is 49.4 Å². The molecule has 0 unspecified atom stereocenters. The third-order valence-electron chi connectivity index (χ3n) is 6.11. The van der Waals surface area contributed by atoms with Gasteiger partial charge in [0.25, 0.3) is 11.5 Å². The number of hydrogen-bond donors (Lipinski definition) is 3. The van der Waals surface area contributed by atoms with Crippen molar-refractivity contribution in [2.45, 2.75) is 19.9 Å². The zero-order valence-electron chi connectivity index (χ0n) is 21.3. The fourth-order valence-electron chi connectivity index (χ4n) is 4.36. The van der Waals surface area contributed by atoms with Gasteiger partial charge in [0.15, 0.2) is 5.69 Å². The molecule has 0 saturated heterocycles. The van der Waals surface area contributed by atoms with Crippen molar-refractivity contribution in [2.24, 2.45) is 0 Å². The molecule has 0 aliphatic rings. The first-order chi connectivity index (χ1) is 18.8. The molecule has 0 bridgehead atoms. The number of amides is 2. The van der Waals surface area contributed by atoms with E-state index >= 15 is 0 Å². The normalized spacial score (nSPS) is 11.5. The van der Waals surface area contributed by atoms with Crippen LogP contribution in [0.1, 0.15) is 41.8 Å². The van der Waals surface area contributed by atoms with Crippen LogP contribution >= 0.6 is 0 Å². The number of nitrogens with zero attached hydrogens (tertiary/aromatic N) is 4. The van der Waals surface area contributed by atoms with Crippen molar-refractivity contribution in [3.63, 3.8) is 0 Å². The molecule has 194 valence electrons. The first kappa shape index (κ1) is 25.2. The van der Waals surface area contributed by atoms with Gasteiger partial charge in [0.2, 0.25) is 5.91 Å². The standard InChI is InChI=1S/C29H25N7O3/c1-18(33-28(38)26-23(30)17-22-13-8-16-32-36(22)26)27-34-24-14-6-9-20(10-7-15-31-19(2)37)25(24)29(39)35(27)21-11-4-3-5-12-21/h3-6,8-9,11-14,16-18H,15,30H2,1-2H3,(H,31,37)(H,33,38)/t18-/m0/s1. The molecule has 0 saturated carbocycles. The van der Waals surface area contributed by atoms with Gasteiger partial charge in [-0.2, -0.15) is 5.10 Å². The van der Waals surface area contributed by atoms with E-state index in [1.54, 1.807) is 61.7 Å². The van der Waals surface area contributed by atoms with Crippen LogP contribution in [0.2, 0.25) is 0 Å². The van der Waals surface area contributed by atoms with E-state index in [2.05, 4.69) is 27.6 Å². The molecule has 39 heavy (non-hydrogen) atoms. The summed E-state index contributed by atoms with van der Waals surface area (Å²) in [6.45, 7) is 3.31. The number of nitrogens with one attached hydrogen (secondary N) is 2. The van der Waals surface area contributed by atoms with Crippen molar-refractivity contribution >= 4 is 33.9 Å². The maximum Gasteiger partial charge on any atom is 0.272 e. The van der Waals surface area contributed by atoms with Crippen molar-refractivity contribution in [3.05, 3.63) is 100 Å². The third-order valence-corrected chi connectivity index (χ3v) is 6.11. The molecule has 0 aliphatic heterocycles. The highest BCUT2D eigenvalue weighted by molar-refractivity contribution is 5.99. The summed E-state index contributed by atoms with van der Waals surface area (Å²) in [6.07, 6.45) is 1.57. The summed E-state index contributed by atoms with van der Waals surface area (Å²) in [7, 11) is 0. The smallest absolute Gasteiger partial charge is 0.272 e. The minimum Gasteiger partial charge on any atom is -0.397 e. The molecule has 0 radical (unpaired) electrons. The molecule has 10 nitrogen and oxygen atoms in total. The number of aromatic nitrogens is 4. The number of carbonyl (C=O) groups excluding carboxylic acids is 2. The van der Waals surface area contributed by atoms with Crippen LogP contribution < -0.4 is 21.9 Å². The summed E-state index contributed by atoms with van der Waals surface area (Å²) in [5, 5.41) is 10.1. The van der Waals surface area contributed by atoms with Crippen LogP contribution in [0.3, 0.4) is 0 Å². The Morgan fingerprint density at radius 1 is 1.08 bits per heavy atom. The lowest BCUT2D eigenvalue weighted by molar-refractivity contribution is -0.118. The van der Waals surface area contributed by atoms with Crippen LogP contribution in [-0.2, 0) is 4.79 Å². The van der Waals surface area contributed by atoms with Gasteiger partial charge in [0, 0.05) is 18.7 Å². The van der Waals surface area contributed by atoms with Crippen LogP contribution in [0.4, 0.5) is 5.69 Å². The summed E-state index contributed by atoms with van der Waals surface area (Å²) in [4.78, 5) is 43.3. The van der Waals surface area contributed by atoms with Gasteiger partial charge in [-0.3, -0.25) is 19.0 Å². The van der Waals surface area contributed by atoms with Gasteiger partial charge < -0.3 is 16.4 Å². The lowest BCUT2D eigenvalue weighted by Gasteiger charge is -2.20. The van der Waals surface area contributed by atoms with Gasteiger partial charge in [0.05, 0.1) is 40.4 Å². The molecule has 0 aliphatic carbocycles. The molecule has 2 amide bonds. The highest BCUT2D eigenvalue weighted by atomic mass is 16.2. The molecule has 0 spiro atoms. The van der Waals surface area contributed by atoms with Crippen LogP contribution in [0.5, 0.6) is 0 Å². The van der Waals surface area contributed by atoms with Gasteiger partial charge in [-0.25, -0.2) is 9.50 Å². The highest BCUT2D eigenvalue weighted by Gasteiger charge is 2.24. The van der Waals surface area contributed by atoms with E-state index < -0.39 is 11.9 Å². The summed E-state index contributed by atoms with van der Waals surface area (Å²) in [6, 6.07) is 18.8. The number of fused-ring (bicyclic) bond motifs is 2. The predicted octanol–water partition coefficient (Wildman–Crippen LogP) is 2.59. The Morgan fingerprint density at radius 2 is 1.87 bits per heavy atom. The lowest BCUT2D eigenvalue weighted by Crippen LogP contribution is -2.34. The summed E-state index contributed by atoms with van der Waals surface area (Å²) < 4.78 is 2.95. The average molecular weight is 520 g/mol. The van der Waals surface area contributed by atoms with Crippen molar-refractivity contribution < 1.29 is 9.59 Å². The SMILES string of the molecule is CC(=O)NCC#Cc1cccc2nc([C@H](C)NC(=O)c3c(N)cc4cccnn34)n(-c3ccccc3)c(=O)c12. The Kier molecular flexibility index (Phi) is 6.80. The highest BCUT2D eigenvalue weighted by Crippen LogP contribution is 2.22. The molecule has 0 fully saturated rings. The van der Waals surface area contributed by atoms with Crippen LogP contribution in [0.25, 0.3) is 22.1 Å². The first-order valence-electron chi connectivity index (χ1n) is 12.2. The van der Waals surface area contributed by atoms with E-state index in [1.807, 2.05) is 18.2 Å². The van der Waals surface area contributed by atoms with Crippen LogP contribution in [0.15, 0.2) is 77.7 Å². The lowest BCUT2D eigenvalue weighted by atomic mass is 10.1. The van der Waals surface area contributed by atoms with Crippen molar-refractivity contribution in [1.82, 2.24) is 29.8 Å². The minimum atomic E-state index is -0.682. The molecule has 5 rings (SSSR count). The second kappa shape index (κ2) is 10.5. The van der Waals surface area contributed by atoms with Crippen molar-refractivity contribution in [1.29, 1.82) is 0 Å². The number of nitrogen functional groups attached to an aromatic ring is 1. The Hall–Kier alpha value is -5.43. The molecule has 1 atom stereocenters. The number of carbonyl (C=O) groups is 2. The molecule has 10 heteroatoms. The zero-order valence-corrected chi connectivity index (χ0v) is 21.3. The number of anilines is 1. The number of para-hydroxylation sites is 1. The topological polar surface area (TPSA) is 136 Å². The van der Waals surface area contributed by atoms with Gasteiger partial charge in [0.1, 0.15) is 5.82 Å². The Morgan fingerprint density at radius 3 is 2.64 bits per heavy atom. The van der Waals surface area contributed by atoms with Crippen molar-refractivity contribution in [2.75, 3.05) is 12.3 Å². The predicted molar refractivity (Wildman–Crippen MR) is 148 cm³/mol. The molecule has 3 aromatic heterocycles. The Labute approximate surface area is 223 Å². The Bertz CT molecular complexity index is 1850. The van der Waals surface area contributed by atoms with Crippen molar-refractivity contribution in [3.8, 4) is 17.5 Å². The quantitative estimate of drug-likeness (QED) is 0.305. The van der Waals surface area contributed by atoms with Crippen LogP contribution in [0, 0.1) is 11.8 Å². The van der Waals surface area contributed by atoms with Gasteiger partial charge in [-0.15, -0.1) is 0 Å². The molecule has 4 N–H and O–H groups in total. The van der Waals surface area contributed by atoms with E-state index in [4.69, 9.17) is 10.7 Å². The van der Waals surface area contributed by atoms with Crippen LogP contribution in [-0.4, -0.2) is 37.5 Å². The zero-order chi connectivity index (χ0) is 27.5. The third kappa shape index (κ3) is 4.93. The fourth-order valence-corrected chi connectivity index (χ4v) is 4.36. The molecular weight excluding hydrogens is 494 g/mol. The number of nitrogens with two attached hydrogens (primary N) is 1. The maximum atomic E-state index is 14.0. The van der Waals surface area contributed by atoms with Gasteiger partial charge in [-0.1, -0.05) is 36.1 Å². The molecule has 3 heterocycles. The fraction of sp³-hybridized carbons (Fsp3) is 0.138. The monoisotopic (exact) mass is 519 g/mol. The number of hydrogen-bond acceptors (Lipinski definition) is 6. The van der Waals surface area contributed by atoms with E-state index in [1.165, 1.54) is 16.0 Å². The van der Waals surface area contributed by atoms with E-state index in [0.29, 0.717) is 33.5 Å². The average Bonchev–Trinajstić information content (AvgIpc) is 3.27. The largest absolute Gasteiger partial charge is 0.397 e. The molecular formula is C29H25N7O3. The number of rotatable bonds is 5. The molecule has 2 aromatic carbocycles. The summed E-state index contributed by atoms with van der Waals surface area (Å²) in [5.41, 5.74) is 8.49. The number of benzene rings is 2. The molecule has 5 aromatic rings. The second-order valence-electron chi connectivity index (χ2n) is 8.86. The van der Waals surface area contributed by atoms with E-state index in [0.717, 1.165) is 0 Å².